The van der Waals surface area contributed by atoms with Crippen molar-refractivity contribution in [3.8, 4) is 28.7 Å². The molecular formula is C32H28O9. The molecule has 0 amide bonds. The van der Waals surface area contributed by atoms with Gasteiger partial charge >= 0.3 is 0 Å². The summed E-state index contributed by atoms with van der Waals surface area (Å²) in [6, 6.07) is 2.91. The Morgan fingerprint density at radius 3 is 1.54 bits per heavy atom. The van der Waals surface area contributed by atoms with Crippen LogP contribution in [0.5, 0.6) is 28.7 Å². The second kappa shape index (κ2) is 9.64. The van der Waals surface area contributed by atoms with Gasteiger partial charge in [-0.3, -0.25) is 14.4 Å². The lowest BCUT2D eigenvalue weighted by molar-refractivity contribution is 0.177. The molecule has 0 radical (unpaired) electrons. The lowest BCUT2D eigenvalue weighted by atomic mass is 9.94. The van der Waals surface area contributed by atoms with Gasteiger partial charge in [0, 0.05) is 27.1 Å². The minimum absolute atomic E-state index is 0.0459. The van der Waals surface area contributed by atoms with E-state index in [1.807, 2.05) is 27.7 Å². The third-order valence-corrected chi connectivity index (χ3v) is 7.49. The zero-order chi connectivity index (χ0) is 30.1. The van der Waals surface area contributed by atoms with Crippen LogP contribution in [0.3, 0.4) is 0 Å². The summed E-state index contributed by atoms with van der Waals surface area (Å²) in [6.45, 7) is 7.24. The average molecular weight is 557 g/mol. The van der Waals surface area contributed by atoms with Crippen LogP contribution in [0.4, 0.5) is 0 Å². The van der Waals surface area contributed by atoms with Crippen LogP contribution < -0.4 is 16.3 Å². The van der Waals surface area contributed by atoms with Crippen LogP contribution in [0, 0.1) is 0 Å². The van der Waals surface area contributed by atoms with Crippen LogP contribution in [0.2, 0.25) is 0 Å². The van der Waals surface area contributed by atoms with Crippen molar-refractivity contribution in [2.45, 2.75) is 46.6 Å². The van der Waals surface area contributed by atoms with E-state index in [0.717, 1.165) is 29.3 Å². The summed E-state index contributed by atoms with van der Waals surface area (Å²) in [5.74, 6) is -3.35. The Bertz CT molecular complexity index is 2150. The fourth-order valence-electron chi connectivity index (χ4n) is 5.58. The second-order valence-electron chi connectivity index (χ2n) is 10.8. The SMILES string of the molecule is CC(C)=CCc1c2c(O)c3c(=O)cc([C@H](O)CC=C(C)C)c(O)c3c(O)c2c2c(O)c3c(=O)ccc(=O)c3c(O)c12. The summed E-state index contributed by atoms with van der Waals surface area (Å²) in [7, 11) is 0. The molecule has 0 aromatic heterocycles. The molecule has 0 heterocycles. The number of aliphatic hydroxyl groups excluding tert-OH is 1. The number of hydrogen-bond donors (Lipinski definition) is 6. The Morgan fingerprint density at radius 1 is 0.610 bits per heavy atom. The number of benzene rings is 4. The van der Waals surface area contributed by atoms with Crippen molar-refractivity contribution >= 4 is 43.1 Å². The molecule has 0 saturated carbocycles. The van der Waals surface area contributed by atoms with Crippen molar-refractivity contribution in [3.63, 3.8) is 0 Å². The largest absolute Gasteiger partial charge is 0.507 e. The van der Waals surface area contributed by atoms with Gasteiger partial charge in [-0.05, 0) is 64.3 Å². The predicted molar refractivity (Wildman–Crippen MR) is 158 cm³/mol. The number of aliphatic hydroxyl groups is 1. The van der Waals surface area contributed by atoms with Gasteiger partial charge in [-0.25, -0.2) is 0 Å². The summed E-state index contributed by atoms with van der Waals surface area (Å²) >= 11 is 0. The summed E-state index contributed by atoms with van der Waals surface area (Å²) in [5, 5.41) is 65.3. The first-order valence-electron chi connectivity index (χ1n) is 12.9. The molecule has 210 valence electrons. The van der Waals surface area contributed by atoms with E-state index in [0.29, 0.717) is 0 Å². The standard InChI is InChI=1S/C32H28O9/c1-12(2)5-7-14-20-25(31(40)23-18(35)10-9-17(34)22(23)29(20)38)26-21(14)30(39)24-19(36)11-15(16(33)8-6-13(3)4)28(37)27(24)32(26)41/h5-6,9-11,16,33,37-41H,7-8H2,1-4H3/t16-/m1/s1. The molecule has 9 heteroatoms. The smallest absolute Gasteiger partial charge is 0.190 e. The number of hydrogen-bond acceptors (Lipinski definition) is 9. The molecule has 0 saturated heterocycles. The minimum Gasteiger partial charge on any atom is -0.507 e. The van der Waals surface area contributed by atoms with Crippen molar-refractivity contribution < 1.29 is 30.6 Å². The summed E-state index contributed by atoms with van der Waals surface area (Å²) < 4.78 is 0. The third kappa shape index (κ3) is 4.00. The van der Waals surface area contributed by atoms with Gasteiger partial charge in [0.05, 0.1) is 27.6 Å². The van der Waals surface area contributed by atoms with Crippen LogP contribution >= 0.6 is 0 Å². The van der Waals surface area contributed by atoms with E-state index in [1.165, 1.54) is 0 Å². The van der Waals surface area contributed by atoms with Gasteiger partial charge in [0.2, 0.25) is 0 Å². The van der Waals surface area contributed by atoms with Gasteiger partial charge in [-0.15, -0.1) is 0 Å². The fourth-order valence-corrected chi connectivity index (χ4v) is 5.58. The highest BCUT2D eigenvalue weighted by molar-refractivity contribution is 6.31. The average Bonchev–Trinajstić information content (AvgIpc) is 3.26. The third-order valence-electron chi connectivity index (χ3n) is 7.49. The minimum atomic E-state index is -1.32. The quantitative estimate of drug-likeness (QED) is 0.133. The molecule has 0 unspecified atom stereocenters. The Labute approximate surface area is 232 Å². The molecule has 5 aromatic rings. The number of phenols is 5. The van der Waals surface area contributed by atoms with Gasteiger partial charge in [-0.1, -0.05) is 23.3 Å². The van der Waals surface area contributed by atoms with E-state index in [4.69, 9.17) is 0 Å². The second-order valence-corrected chi connectivity index (χ2v) is 10.8. The first kappa shape index (κ1) is 27.7. The zero-order valence-corrected chi connectivity index (χ0v) is 22.8. The Balaban J connectivity index is 2.09. The summed E-state index contributed by atoms with van der Waals surface area (Å²) in [5.41, 5.74) is -0.519. The van der Waals surface area contributed by atoms with E-state index >= 15 is 0 Å². The number of fused-ring (bicyclic) bond motifs is 5. The van der Waals surface area contributed by atoms with Gasteiger partial charge in [0.25, 0.3) is 0 Å². The maximum atomic E-state index is 13.3. The van der Waals surface area contributed by atoms with Gasteiger partial charge in [0.1, 0.15) is 28.7 Å². The molecule has 5 aromatic carbocycles. The van der Waals surface area contributed by atoms with Crippen molar-refractivity contribution in [1.82, 2.24) is 0 Å². The molecule has 0 aliphatic rings. The molecular weight excluding hydrogens is 528 g/mol. The monoisotopic (exact) mass is 556 g/mol. The van der Waals surface area contributed by atoms with Crippen LogP contribution in [-0.2, 0) is 6.42 Å². The molecule has 0 bridgehead atoms. The highest BCUT2D eigenvalue weighted by Gasteiger charge is 2.31. The summed E-state index contributed by atoms with van der Waals surface area (Å²) in [6.07, 6.45) is 2.24. The van der Waals surface area contributed by atoms with Crippen molar-refractivity contribution in [3.05, 3.63) is 83.3 Å². The Morgan fingerprint density at radius 2 is 1.05 bits per heavy atom. The number of rotatable bonds is 5. The highest BCUT2D eigenvalue weighted by atomic mass is 16.3. The summed E-state index contributed by atoms with van der Waals surface area (Å²) in [4.78, 5) is 38.8. The lowest BCUT2D eigenvalue weighted by Crippen LogP contribution is -2.09. The predicted octanol–water partition coefficient (Wildman–Crippen LogP) is 4.68. The molecule has 1 atom stereocenters. The van der Waals surface area contributed by atoms with Crippen LogP contribution in [0.1, 0.15) is 51.3 Å². The van der Waals surface area contributed by atoms with Gasteiger partial charge < -0.3 is 30.6 Å². The molecule has 41 heavy (non-hydrogen) atoms. The molecule has 0 aliphatic heterocycles. The molecule has 9 nitrogen and oxygen atoms in total. The normalized spacial score (nSPS) is 12.4. The highest BCUT2D eigenvalue weighted by Crippen LogP contribution is 2.55. The lowest BCUT2D eigenvalue weighted by Gasteiger charge is -2.15. The van der Waals surface area contributed by atoms with Crippen LogP contribution in [0.15, 0.2) is 55.9 Å². The van der Waals surface area contributed by atoms with Crippen LogP contribution in [0.25, 0.3) is 43.1 Å². The molecule has 0 aliphatic carbocycles. The molecule has 5 rings (SSSR count). The van der Waals surface area contributed by atoms with Gasteiger partial charge in [0.15, 0.2) is 16.3 Å². The maximum Gasteiger partial charge on any atom is 0.190 e. The molecule has 0 fully saturated rings. The van der Waals surface area contributed by atoms with E-state index in [9.17, 15) is 45.0 Å². The van der Waals surface area contributed by atoms with Crippen LogP contribution in [-0.4, -0.2) is 30.6 Å². The number of aromatic hydroxyl groups is 5. The van der Waals surface area contributed by atoms with E-state index in [2.05, 4.69) is 0 Å². The maximum absolute atomic E-state index is 13.3. The molecule has 6 N–H and O–H groups in total. The Kier molecular flexibility index (Phi) is 6.50. The first-order chi connectivity index (χ1) is 19.3. The fraction of sp³-hybridized carbons (Fsp3) is 0.219. The topological polar surface area (TPSA) is 173 Å². The molecule has 0 spiro atoms. The van der Waals surface area contributed by atoms with Crippen molar-refractivity contribution in [1.29, 1.82) is 0 Å². The first-order valence-corrected chi connectivity index (χ1v) is 12.9. The number of phenolic OH excluding ortho intramolecular Hbond substituents is 5. The Hall–Kier alpha value is -4.89. The van der Waals surface area contributed by atoms with Crippen molar-refractivity contribution in [2.75, 3.05) is 0 Å². The zero-order valence-electron chi connectivity index (χ0n) is 22.8. The van der Waals surface area contributed by atoms with E-state index in [-0.39, 0.29) is 45.5 Å². The number of allylic oxidation sites excluding steroid dienone is 3. The van der Waals surface area contributed by atoms with Gasteiger partial charge in [-0.2, -0.15) is 0 Å². The van der Waals surface area contributed by atoms with Crippen molar-refractivity contribution in [2.24, 2.45) is 0 Å². The van der Waals surface area contributed by atoms with E-state index in [1.54, 1.807) is 12.2 Å². The van der Waals surface area contributed by atoms with E-state index < -0.39 is 72.7 Å².